The molecule has 44 heavy (non-hydrogen) atoms. The maximum atomic E-state index is 12.5. The van der Waals surface area contributed by atoms with Gasteiger partial charge < -0.3 is 4.90 Å². The summed E-state index contributed by atoms with van der Waals surface area (Å²) in [5.74, 6) is 0. The Labute approximate surface area is 261 Å². The van der Waals surface area contributed by atoms with Crippen molar-refractivity contribution in [3.05, 3.63) is 127 Å². The second kappa shape index (κ2) is 12.9. The fraction of sp³-hybridized carbons (Fsp3) is 0.0625. The van der Waals surface area contributed by atoms with Crippen LogP contribution in [0.25, 0.3) is 21.8 Å². The van der Waals surface area contributed by atoms with Gasteiger partial charge in [0.25, 0.3) is 20.0 Å². The molecule has 9 nitrogen and oxygen atoms in total. The van der Waals surface area contributed by atoms with Gasteiger partial charge in [-0.2, -0.15) is 0 Å². The van der Waals surface area contributed by atoms with Crippen LogP contribution in [0.3, 0.4) is 0 Å². The molecule has 0 saturated heterocycles. The van der Waals surface area contributed by atoms with Crippen molar-refractivity contribution in [3.63, 3.8) is 0 Å². The van der Waals surface area contributed by atoms with Crippen LogP contribution < -0.4 is 14.3 Å². The molecule has 0 atom stereocenters. The van der Waals surface area contributed by atoms with Crippen molar-refractivity contribution in [1.82, 2.24) is 9.97 Å². The van der Waals surface area contributed by atoms with Crippen molar-refractivity contribution < 1.29 is 16.8 Å². The fourth-order valence-corrected chi connectivity index (χ4v) is 6.85. The molecule has 224 valence electrons. The molecule has 0 aliphatic heterocycles. The van der Waals surface area contributed by atoms with E-state index in [2.05, 4.69) is 19.4 Å². The summed E-state index contributed by atoms with van der Waals surface area (Å²) >= 11 is 6.10. The Morgan fingerprint density at radius 2 is 1.02 bits per heavy atom. The smallest absolute Gasteiger partial charge is 0.261 e. The Balaban J connectivity index is 0.000000175. The quantitative estimate of drug-likeness (QED) is 0.196. The number of halogens is 1. The molecule has 12 heteroatoms. The number of nitrogens with one attached hydrogen (secondary N) is 2. The van der Waals surface area contributed by atoms with Crippen LogP contribution >= 0.6 is 11.6 Å². The molecule has 0 aliphatic rings. The number of anilines is 3. The minimum absolute atomic E-state index is 0.198. The van der Waals surface area contributed by atoms with E-state index in [0.717, 1.165) is 11.1 Å². The number of pyridine rings is 2. The lowest BCUT2D eigenvalue weighted by Crippen LogP contribution is -2.14. The molecule has 0 amide bonds. The monoisotopic (exact) mass is 645 g/mol. The summed E-state index contributed by atoms with van der Waals surface area (Å²) in [5.41, 5.74) is 2.99. The first-order valence-corrected chi connectivity index (χ1v) is 16.7. The van der Waals surface area contributed by atoms with E-state index in [9.17, 15) is 16.8 Å². The van der Waals surface area contributed by atoms with Crippen LogP contribution in [0.2, 0.25) is 5.02 Å². The molecule has 6 rings (SSSR count). The van der Waals surface area contributed by atoms with Gasteiger partial charge in [-0.15, -0.1) is 0 Å². The number of para-hydroxylation sites is 2. The van der Waals surface area contributed by atoms with Gasteiger partial charge in [0.05, 0.1) is 37.2 Å². The number of sulfonamides is 2. The number of hydrogen-bond donors (Lipinski definition) is 2. The molecule has 2 heterocycles. The van der Waals surface area contributed by atoms with E-state index in [4.69, 9.17) is 11.6 Å². The summed E-state index contributed by atoms with van der Waals surface area (Å²) in [4.78, 5) is 10.9. The Hall–Kier alpha value is -4.71. The molecule has 0 spiro atoms. The molecule has 0 bridgehead atoms. The molecule has 4 aromatic carbocycles. The molecule has 0 fully saturated rings. The zero-order chi connectivity index (χ0) is 31.3. The Morgan fingerprint density at radius 1 is 0.568 bits per heavy atom. The van der Waals surface area contributed by atoms with E-state index >= 15 is 0 Å². The van der Waals surface area contributed by atoms with Crippen molar-refractivity contribution in [2.45, 2.75) is 9.79 Å². The Morgan fingerprint density at radius 3 is 1.52 bits per heavy atom. The normalized spacial score (nSPS) is 11.4. The summed E-state index contributed by atoms with van der Waals surface area (Å²) in [6, 6.07) is 30.7. The molecule has 2 aromatic heterocycles. The van der Waals surface area contributed by atoms with Crippen LogP contribution in [-0.4, -0.2) is 40.9 Å². The predicted molar refractivity (Wildman–Crippen MR) is 177 cm³/mol. The third kappa shape index (κ3) is 6.75. The van der Waals surface area contributed by atoms with Gasteiger partial charge in [-0.05, 0) is 48.5 Å². The SMILES string of the molecule is CN(C)c1ccnc2c(NS(=O)(=O)c3ccccc3)cccc12.O=S(=O)(Nc1cccc2c(Cl)ccnc12)c1ccccc1. The highest BCUT2D eigenvalue weighted by Gasteiger charge is 2.17. The van der Waals surface area contributed by atoms with Crippen LogP contribution in [-0.2, 0) is 20.0 Å². The lowest BCUT2D eigenvalue weighted by Gasteiger charge is -2.16. The van der Waals surface area contributed by atoms with Crippen LogP contribution in [0.4, 0.5) is 17.1 Å². The molecule has 0 saturated carbocycles. The number of fused-ring (bicyclic) bond motifs is 2. The van der Waals surface area contributed by atoms with Crippen LogP contribution in [0, 0.1) is 0 Å². The van der Waals surface area contributed by atoms with Crippen LogP contribution in [0.15, 0.2) is 131 Å². The maximum Gasteiger partial charge on any atom is 0.261 e. The first kappa shape index (κ1) is 30.7. The fourth-order valence-electron chi connectivity index (χ4n) is 4.47. The van der Waals surface area contributed by atoms with Crippen molar-refractivity contribution in [2.24, 2.45) is 0 Å². The highest BCUT2D eigenvalue weighted by molar-refractivity contribution is 7.93. The zero-order valence-electron chi connectivity index (χ0n) is 23.7. The highest BCUT2D eigenvalue weighted by Crippen LogP contribution is 2.30. The topological polar surface area (TPSA) is 121 Å². The van der Waals surface area contributed by atoms with Crippen molar-refractivity contribution in [2.75, 3.05) is 28.4 Å². The number of aromatic nitrogens is 2. The lowest BCUT2D eigenvalue weighted by molar-refractivity contribution is 0.599. The van der Waals surface area contributed by atoms with Gasteiger partial charge in [0.2, 0.25) is 0 Å². The van der Waals surface area contributed by atoms with Gasteiger partial charge in [0, 0.05) is 42.9 Å². The van der Waals surface area contributed by atoms with Crippen molar-refractivity contribution in [3.8, 4) is 0 Å². The largest absolute Gasteiger partial charge is 0.377 e. The van der Waals surface area contributed by atoms with Gasteiger partial charge >= 0.3 is 0 Å². The minimum atomic E-state index is -3.65. The number of hydrogen-bond acceptors (Lipinski definition) is 7. The molecular formula is C32H28ClN5O4S2. The van der Waals surface area contributed by atoms with E-state index in [1.54, 1.807) is 91.3 Å². The van der Waals surface area contributed by atoms with E-state index in [0.29, 0.717) is 32.8 Å². The molecule has 0 aliphatic carbocycles. The molecule has 0 unspecified atom stereocenters. The second-order valence-electron chi connectivity index (χ2n) is 9.76. The minimum Gasteiger partial charge on any atom is -0.377 e. The first-order chi connectivity index (χ1) is 21.1. The van der Waals surface area contributed by atoms with E-state index in [1.807, 2.05) is 37.2 Å². The molecule has 2 N–H and O–H groups in total. The van der Waals surface area contributed by atoms with E-state index in [1.165, 1.54) is 12.1 Å². The van der Waals surface area contributed by atoms with Gasteiger partial charge in [0.1, 0.15) is 0 Å². The second-order valence-corrected chi connectivity index (χ2v) is 13.5. The average molecular weight is 646 g/mol. The van der Waals surface area contributed by atoms with Gasteiger partial charge in [-0.1, -0.05) is 72.3 Å². The summed E-state index contributed by atoms with van der Waals surface area (Å²) in [6.07, 6.45) is 3.23. The van der Waals surface area contributed by atoms with Crippen LogP contribution in [0.5, 0.6) is 0 Å². The van der Waals surface area contributed by atoms with Crippen molar-refractivity contribution >= 4 is 70.5 Å². The van der Waals surface area contributed by atoms with E-state index in [-0.39, 0.29) is 9.79 Å². The third-order valence-corrected chi connectivity index (χ3v) is 9.64. The lowest BCUT2D eigenvalue weighted by atomic mass is 10.1. The molecular weight excluding hydrogens is 618 g/mol. The van der Waals surface area contributed by atoms with Crippen LogP contribution in [0.1, 0.15) is 0 Å². The summed E-state index contributed by atoms with van der Waals surface area (Å²) in [6.45, 7) is 0. The third-order valence-electron chi connectivity index (χ3n) is 6.54. The maximum absolute atomic E-state index is 12.5. The van der Waals surface area contributed by atoms with Crippen molar-refractivity contribution in [1.29, 1.82) is 0 Å². The number of rotatable bonds is 7. The molecule has 6 aromatic rings. The first-order valence-electron chi connectivity index (χ1n) is 13.3. The predicted octanol–water partition coefficient (Wildman–Crippen LogP) is 6.79. The average Bonchev–Trinajstić information content (AvgIpc) is 3.02. The number of benzene rings is 4. The number of nitrogens with zero attached hydrogens (tertiary/aromatic N) is 3. The summed E-state index contributed by atoms with van der Waals surface area (Å²) in [5, 5.41) is 2.12. The van der Waals surface area contributed by atoms with E-state index < -0.39 is 20.0 Å². The summed E-state index contributed by atoms with van der Waals surface area (Å²) < 4.78 is 54.9. The zero-order valence-corrected chi connectivity index (χ0v) is 26.1. The van der Waals surface area contributed by atoms with Gasteiger partial charge in [0.15, 0.2) is 0 Å². The standard InChI is InChI=1S/C17H17N3O2S.C15H11ClN2O2S/c1-20(2)16-11-12-18-17-14(16)9-6-10-15(17)19-23(21,22)13-7-4-3-5-8-13;16-13-9-10-17-15-12(13)7-4-8-14(15)18-21(19,20)11-5-2-1-3-6-11/h3-12,19H,1-2H3;1-10,18H. The molecule has 0 radical (unpaired) electrons. The summed E-state index contributed by atoms with van der Waals surface area (Å²) in [7, 11) is -3.41. The Kier molecular flexibility index (Phi) is 9.00. The highest BCUT2D eigenvalue weighted by atomic mass is 35.5. The van der Waals surface area contributed by atoms with Gasteiger partial charge in [-0.3, -0.25) is 19.4 Å². The Bertz CT molecular complexity index is 2150. The van der Waals surface area contributed by atoms with Gasteiger partial charge in [-0.25, -0.2) is 16.8 Å².